The monoisotopic (exact) mass is 257 g/mol. The summed E-state index contributed by atoms with van der Waals surface area (Å²) in [4.78, 5) is 0. The van der Waals surface area contributed by atoms with Crippen LogP contribution in [0.4, 0.5) is 0 Å². The molecule has 2 fully saturated rings. The van der Waals surface area contributed by atoms with Crippen molar-refractivity contribution in [2.45, 2.75) is 58.9 Å². The number of rotatable bonds is 3. The van der Waals surface area contributed by atoms with Crippen molar-refractivity contribution < 1.29 is 0 Å². The van der Waals surface area contributed by atoms with Crippen LogP contribution < -0.4 is 5.73 Å². The standard InChI is InChI=1S/C18H27N/c1-17(2)16(18(17,3)4)15(19)14-10-6-9-13(11-14)12-7-5-8-12/h6,9-12,15-16H,5,7-8,19H2,1-4H3. The summed E-state index contributed by atoms with van der Waals surface area (Å²) < 4.78 is 0. The minimum absolute atomic E-state index is 0.185. The molecule has 2 aliphatic carbocycles. The van der Waals surface area contributed by atoms with Crippen molar-refractivity contribution in [3.05, 3.63) is 35.4 Å². The summed E-state index contributed by atoms with van der Waals surface area (Å²) in [5, 5.41) is 0. The van der Waals surface area contributed by atoms with Crippen molar-refractivity contribution in [1.29, 1.82) is 0 Å². The van der Waals surface area contributed by atoms with E-state index >= 15 is 0 Å². The van der Waals surface area contributed by atoms with Crippen LogP contribution in [0.5, 0.6) is 0 Å². The van der Waals surface area contributed by atoms with Gasteiger partial charge >= 0.3 is 0 Å². The molecule has 1 heteroatoms. The van der Waals surface area contributed by atoms with Crippen molar-refractivity contribution in [2.75, 3.05) is 0 Å². The van der Waals surface area contributed by atoms with E-state index in [-0.39, 0.29) is 6.04 Å². The summed E-state index contributed by atoms with van der Waals surface area (Å²) >= 11 is 0. The van der Waals surface area contributed by atoms with Crippen molar-refractivity contribution in [1.82, 2.24) is 0 Å². The molecular weight excluding hydrogens is 230 g/mol. The highest BCUT2D eigenvalue weighted by Gasteiger charge is 2.66. The van der Waals surface area contributed by atoms with Gasteiger partial charge in [0.25, 0.3) is 0 Å². The molecule has 1 unspecified atom stereocenters. The van der Waals surface area contributed by atoms with E-state index in [2.05, 4.69) is 52.0 Å². The molecule has 0 amide bonds. The molecule has 1 aromatic carbocycles. The third-order valence-electron chi connectivity index (χ3n) is 6.36. The Hall–Kier alpha value is -0.820. The van der Waals surface area contributed by atoms with Crippen molar-refractivity contribution in [2.24, 2.45) is 22.5 Å². The lowest BCUT2D eigenvalue weighted by atomic mass is 9.79. The van der Waals surface area contributed by atoms with Crippen LogP contribution in [0.15, 0.2) is 24.3 Å². The van der Waals surface area contributed by atoms with E-state index in [1.54, 1.807) is 0 Å². The average Bonchev–Trinajstić information content (AvgIpc) is 2.66. The smallest absolute Gasteiger partial charge is 0.0334 e. The first-order valence-electron chi connectivity index (χ1n) is 7.71. The van der Waals surface area contributed by atoms with Gasteiger partial charge in [0.2, 0.25) is 0 Å². The molecule has 0 heterocycles. The van der Waals surface area contributed by atoms with E-state index in [1.807, 2.05) is 0 Å². The maximum absolute atomic E-state index is 6.58. The first kappa shape index (κ1) is 13.2. The van der Waals surface area contributed by atoms with E-state index in [4.69, 9.17) is 5.73 Å². The summed E-state index contributed by atoms with van der Waals surface area (Å²) in [6.07, 6.45) is 4.11. The predicted octanol–water partition coefficient (Wildman–Crippen LogP) is 4.64. The van der Waals surface area contributed by atoms with Gasteiger partial charge in [-0.1, -0.05) is 58.4 Å². The van der Waals surface area contributed by atoms with Crippen LogP contribution in [0.25, 0.3) is 0 Å². The van der Waals surface area contributed by atoms with Gasteiger partial charge < -0.3 is 5.73 Å². The molecule has 3 rings (SSSR count). The molecular formula is C18H27N. The fraction of sp³-hybridized carbons (Fsp3) is 0.667. The van der Waals surface area contributed by atoms with Crippen molar-refractivity contribution >= 4 is 0 Å². The highest BCUT2D eigenvalue weighted by Crippen LogP contribution is 2.71. The maximum atomic E-state index is 6.58. The van der Waals surface area contributed by atoms with E-state index in [0.717, 1.165) is 5.92 Å². The third-order valence-corrected chi connectivity index (χ3v) is 6.36. The second-order valence-corrected chi connectivity index (χ2v) is 7.74. The maximum Gasteiger partial charge on any atom is 0.0334 e. The Morgan fingerprint density at radius 2 is 1.74 bits per heavy atom. The number of nitrogens with two attached hydrogens (primary N) is 1. The van der Waals surface area contributed by atoms with Crippen LogP contribution in [0, 0.1) is 16.7 Å². The molecule has 2 aliphatic rings. The molecule has 2 saturated carbocycles. The van der Waals surface area contributed by atoms with Crippen molar-refractivity contribution in [3.63, 3.8) is 0 Å². The lowest BCUT2D eigenvalue weighted by molar-refractivity contribution is 0.418. The Bertz CT molecular complexity index is 468. The van der Waals surface area contributed by atoms with Crippen LogP contribution in [-0.4, -0.2) is 0 Å². The number of benzene rings is 1. The summed E-state index contributed by atoms with van der Waals surface area (Å²) in [6.45, 7) is 9.42. The zero-order valence-electron chi connectivity index (χ0n) is 12.7. The van der Waals surface area contributed by atoms with Gasteiger partial charge in [-0.3, -0.25) is 0 Å². The normalized spacial score (nSPS) is 26.8. The second kappa shape index (κ2) is 4.09. The molecule has 1 atom stereocenters. The Labute approximate surface area is 117 Å². The van der Waals surface area contributed by atoms with Gasteiger partial charge in [0.1, 0.15) is 0 Å². The minimum atomic E-state index is 0.185. The topological polar surface area (TPSA) is 26.0 Å². The summed E-state index contributed by atoms with van der Waals surface area (Å²) in [7, 11) is 0. The van der Waals surface area contributed by atoms with E-state index in [9.17, 15) is 0 Å². The van der Waals surface area contributed by atoms with Crippen LogP contribution >= 0.6 is 0 Å². The lowest BCUT2D eigenvalue weighted by Crippen LogP contribution is -2.17. The van der Waals surface area contributed by atoms with E-state index in [1.165, 1.54) is 30.4 Å². The summed E-state index contributed by atoms with van der Waals surface area (Å²) in [5.74, 6) is 1.39. The zero-order chi connectivity index (χ0) is 13.8. The Morgan fingerprint density at radius 1 is 1.11 bits per heavy atom. The molecule has 0 spiro atoms. The van der Waals surface area contributed by atoms with Crippen LogP contribution in [0.3, 0.4) is 0 Å². The van der Waals surface area contributed by atoms with Gasteiger partial charge in [-0.2, -0.15) is 0 Å². The molecule has 0 bridgehead atoms. The highest BCUT2D eigenvalue weighted by molar-refractivity contribution is 5.32. The highest BCUT2D eigenvalue weighted by atomic mass is 14.8. The molecule has 0 radical (unpaired) electrons. The fourth-order valence-corrected chi connectivity index (χ4v) is 4.10. The number of hydrogen-bond acceptors (Lipinski definition) is 1. The van der Waals surface area contributed by atoms with Crippen LogP contribution in [0.2, 0.25) is 0 Å². The molecule has 1 nitrogen and oxygen atoms in total. The van der Waals surface area contributed by atoms with E-state index in [0.29, 0.717) is 16.7 Å². The van der Waals surface area contributed by atoms with Gasteiger partial charge in [0.15, 0.2) is 0 Å². The first-order valence-corrected chi connectivity index (χ1v) is 7.71. The molecule has 1 aromatic rings. The van der Waals surface area contributed by atoms with Gasteiger partial charge in [-0.25, -0.2) is 0 Å². The molecule has 104 valence electrons. The van der Waals surface area contributed by atoms with Gasteiger partial charge in [-0.05, 0) is 46.6 Å². The quantitative estimate of drug-likeness (QED) is 0.839. The van der Waals surface area contributed by atoms with Gasteiger partial charge in [-0.15, -0.1) is 0 Å². The van der Waals surface area contributed by atoms with Crippen LogP contribution in [0.1, 0.15) is 70.0 Å². The van der Waals surface area contributed by atoms with E-state index < -0.39 is 0 Å². The van der Waals surface area contributed by atoms with Crippen molar-refractivity contribution in [3.8, 4) is 0 Å². The zero-order valence-corrected chi connectivity index (χ0v) is 12.7. The molecule has 2 N–H and O–H groups in total. The SMILES string of the molecule is CC1(C)C(C(N)c2cccc(C3CCC3)c2)C1(C)C. The predicted molar refractivity (Wildman–Crippen MR) is 81.0 cm³/mol. The Kier molecular flexibility index (Phi) is 2.83. The van der Waals surface area contributed by atoms with Crippen LogP contribution in [-0.2, 0) is 0 Å². The first-order chi connectivity index (χ1) is 8.85. The summed E-state index contributed by atoms with van der Waals surface area (Å²) in [6, 6.07) is 9.26. The Morgan fingerprint density at radius 3 is 2.21 bits per heavy atom. The minimum Gasteiger partial charge on any atom is -0.324 e. The fourth-order valence-electron chi connectivity index (χ4n) is 4.10. The second-order valence-electron chi connectivity index (χ2n) is 7.74. The molecule has 19 heavy (non-hydrogen) atoms. The molecule has 0 aliphatic heterocycles. The molecule has 0 aromatic heterocycles. The average molecular weight is 257 g/mol. The molecule has 0 saturated heterocycles. The summed E-state index contributed by atoms with van der Waals surface area (Å²) in [5.41, 5.74) is 10.2. The lowest BCUT2D eigenvalue weighted by Gasteiger charge is -2.27. The third kappa shape index (κ3) is 1.86. The van der Waals surface area contributed by atoms with Gasteiger partial charge in [0, 0.05) is 6.04 Å². The van der Waals surface area contributed by atoms with Gasteiger partial charge in [0.05, 0.1) is 0 Å². The largest absolute Gasteiger partial charge is 0.324 e. The Balaban J connectivity index is 1.83. The number of hydrogen-bond donors (Lipinski definition) is 1.